The maximum absolute atomic E-state index is 11.9. The molecule has 3 nitrogen and oxygen atoms in total. The molecule has 1 amide bonds. The zero-order valence-electron chi connectivity index (χ0n) is 10.9. The van der Waals surface area contributed by atoms with Crippen molar-refractivity contribution in [3.63, 3.8) is 0 Å². The van der Waals surface area contributed by atoms with E-state index in [4.69, 9.17) is 0 Å². The van der Waals surface area contributed by atoms with Crippen molar-refractivity contribution >= 4 is 38.9 Å². The summed E-state index contributed by atoms with van der Waals surface area (Å²) in [7, 11) is 0. The molecule has 0 fully saturated rings. The predicted molar refractivity (Wildman–Crippen MR) is 82.7 cm³/mol. The summed E-state index contributed by atoms with van der Waals surface area (Å²) < 4.78 is 0.908. The van der Waals surface area contributed by atoms with E-state index in [1.54, 1.807) is 11.3 Å². The van der Waals surface area contributed by atoms with E-state index in [1.807, 2.05) is 37.4 Å². The molecular formula is C14H15BrN2OS. The van der Waals surface area contributed by atoms with Crippen LogP contribution in [0.5, 0.6) is 0 Å². The van der Waals surface area contributed by atoms with Gasteiger partial charge in [-0.3, -0.25) is 4.79 Å². The third kappa shape index (κ3) is 4.14. The van der Waals surface area contributed by atoms with Gasteiger partial charge in [0.05, 0.1) is 16.4 Å². The molecule has 0 atom stereocenters. The second kappa shape index (κ2) is 6.30. The Morgan fingerprint density at radius 2 is 2.21 bits per heavy atom. The molecule has 1 heterocycles. The van der Waals surface area contributed by atoms with Crippen LogP contribution in [0.2, 0.25) is 0 Å². The highest BCUT2D eigenvalue weighted by atomic mass is 79.9. The summed E-state index contributed by atoms with van der Waals surface area (Å²) in [6, 6.07) is 5.87. The molecule has 0 radical (unpaired) electrons. The lowest BCUT2D eigenvalue weighted by atomic mass is 10.2. The average Bonchev–Trinajstić information content (AvgIpc) is 2.76. The smallest absolute Gasteiger partial charge is 0.224 e. The van der Waals surface area contributed by atoms with Gasteiger partial charge < -0.3 is 5.32 Å². The van der Waals surface area contributed by atoms with E-state index < -0.39 is 0 Å². The van der Waals surface area contributed by atoms with E-state index in [2.05, 4.69) is 26.2 Å². The molecule has 0 bridgehead atoms. The largest absolute Gasteiger partial charge is 0.325 e. The highest BCUT2D eigenvalue weighted by Gasteiger charge is 2.07. The van der Waals surface area contributed by atoms with Crippen molar-refractivity contribution in [3.05, 3.63) is 44.3 Å². The first kappa shape index (κ1) is 14.2. The summed E-state index contributed by atoms with van der Waals surface area (Å²) in [6.07, 6.45) is 1.13. The summed E-state index contributed by atoms with van der Waals surface area (Å²) in [5.41, 5.74) is 2.95. The zero-order chi connectivity index (χ0) is 13.8. The van der Waals surface area contributed by atoms with E-state index in [0.29, 0.717) is 12.8 Å². The fraction of sp³-hybridized carbons (Fsp3) is 0.286. The molecule has 19 heavy (non-hydrogen) atoms. The van der Waals surface area contributed by atoms with Crippen molar-refractivity contribution in [2.75, 3.05) is 5.32 Å². The Morgan fingerprint density at radius 1 is 1.42 bits per heavy atom. The maximum Gasteiger partial charge on any atom is 0.224 e. The Kier molecular flexibility index (Phi) is 4.71. The SMILES string of the molecule is Cc1ccc(NC(=O)CCc2csc(C)n2)c(Br)c1. The molecule has 0 saturated heterocycles. The van der Waals surface area contributed by atoms with Gasteiger partial charge in [-0.15, -0.1) is 11.3 Å². The van der Waals surface area contributed by atoms with Gasteiger partial charge in [0.2, 0.25) is 5.91 Å². The number of nitrogens with zero attached hydrogens (tertiary/aromatic N) is 1. The monoisotopic (exact) mass is 338 g/mol. The number of nitrogens with one attached hydrogen (secondary N) is 1. The van der Waals surface area contributed by atoms with Crippen LogP contribution in [0.1, 0.15) is 22.7 Å². The number of thiazole rings is 1. The number of anilines is 1. The standard InChI is InChI=1S/C14H15BrN2OS/c1-9-3-5-13(12(15)7-9)17-14(18)6-4-11-8-19-10(2)16-11/h3,5,7-8H,4,6H2,1-2H3,(H,17,18). The van der Waals surface area contributed by atoms with Gasteiger partial charge in [-0.25, -0.2) is 4.98 Å². The number of aryl methyl sites for hydroxylation is 3. The van der Waals surface area contributed by atoms with Crippen LogP contribution in [-0.2, 0) is 11.2 Å². The Morgan fingerprint density at radius 3 is 2.84 bits per heavy atom. The summed E-state index contributed by atoms with van der Waals surface area (Å²) in [6.45, 7) is 3.98. The lowest BCUT2D eigenvalue weighted by molar-refractivity contribution is -0.116. The number of rotatable bonds is 4. The Labute approximate surface area is 125 Å². The van der Waals surface area contributed by atoms with E-state index in [9.17, 15) is 4.79 Å². The second-order valence-electron chi connectivity index (χ2n) is 4.39. The summed E-state index contributed by atoms with van der Waals surface area (Å²) in [5, 5.41) is 5.95. The molecule has 2 rings (SSSR count). The van der Waals surface area contributed by atoms with Gasteiger partial charge in [-0.05, 0) is 53.9 Å². The zero-order valence-corrected chi connectivity index (χ0v) is 13.3. The van der Waals surface area contributed by atoms with Gasteiger partial charge in [0.15, 0.2) is 0 Å². The van der Waals surface area contributed by atoms with Crippen LogP contribution in [0.25, 0.3) is 0 Å². The molecule has 2 aromatic rings. The molecule has 0 unspecified atom stereocenters. The molecule has 0 spiro atoms. The van der Waals surface area contributed by atoms with Crippen molar-refractivity contribution in [1.82, 2.24) is 4.98 Å². The Balaban J connectivity index is 1.90. The fourth-order valence-corrected chi connectivity index (χ4v) is 2.94. The molecule has 0 aliphatic carbocycles. The van der Waals surface area contributed by atoms with Crippen LogP contribution < -0.4 is 5.32 Å². The van der Waals surface area contributed by atoms with E-state index in [-0.39, 0.29) is 5.91 Å². The number of carbonyl (C=O) groups is 1. The lowest BCUT2D eigenvalue weighted by Gasteiger charge is -2.07. The fourth-order valence-electron chi connectivity index (χ4n) is 1.70. The van der Waals surface area contributed by atoms with E-state index >= 15 is 0 Å². The molecule has 100 valence electrons. The molecule has 0 aliphatic heterocycles. The van der Waals surface area contributed by atoms with E-state index in [1.165, 1.54) is 0 Å². The molecule has 1 N–H and O–H groups in total. The first-order valence-electron chi connectivity index (χ1n) is 6.01. The number of benzene rings is 1. The third-order valence-corrected chi connectivity index (χ3v) is 4.15. The Hall–Kier alpha value is -1.20. The van der Waals surface area contributed by atoms with Gasteiger partial charge in [0.25, 0.3) is 0 Å². The average molecular weight is 339 g/mol. The minimum Gasteiger partial charge on any atom is -0.325 e. The van der Waals surface area contributed by atoms with Gasteiger partial charge in [0, 0.05) is 16.3 Å². The number of hydrogen-bond acceptors (Lipinski definition) is 3. The number of hydrogen-bond donors (Lipinski definition) is 1. The highest BCUT2D eigenvalue weighted by molar-refractivity contribution is 9.10. The van der Waals surface area contributed by atoms with Crippen molar-refractivity contribution in [1.29, 1.82) is 0 Å². The van der Waals surface area contributed by atoms with Gasteiger partial charge in [0.1, 0.15) is 0 Å². The molecule has 5 heteroatoms. The van der Waals surface area contributed by atoms with Gasteiger partial charge in [-0.1, -0.05) is 6.07 Å². The molecule has 0 saturated carbocycles. The minimum absolute atomic E-state index is 0.00945. The van der Waals surface area contributed by atoms with E-state index in [0.717, 1.165) is 26.4 Å². The number of aromatic nitrogens is 1. The number of amides is 1. The second-order valence-corrected chi connectivity index (χ2v) is 6.31. The summed E-state index contributed by atoms with van der Waals surface area (Å²) in [5.74, 6) is 0.00945. The van der Waals surface area contributed by atoms with Crippen LogP contribution in [0, 0.1) is 13.8 Å². The van der Waals surface area contributed by atoms with Crippen LogP contribution in [0.4, 0.5) is 5.69 Å². The maximum atomic E-state index is 11.9. The van der Waals surface area contributed by atoms with Gasteiger partial charge >= 0.3 is 0 Å². The highest BCUT2D eigenvalue weighted by Crippen LogP contribution is 2.23. The van der Waals surface area contributed by atoms with Crippen molar-refractivity contribution in [2.24, 2.45) is 0 Å². The Bertz CT molecular complexity index is 595. The van der Waals surface area contributed by atoms with Gasteiger partial charge in [-0.2, -0.15) is 0 Å². The first-order valence-corrected chi connectivity index (χ1v) is 7.69. The first-order chi connectivity index (χ1) is 9.04. The summed E-state index contributed by atoms with van der Waals surface area (Å²) in [4.78, 5) is 16.2. The quantitative estimate of drug-likeness (QED) is 0.911. The number of carbonyl (C=O) groups excluding carboxylic acids is 1. The van der Waals surface area contributed by atoms with Crippen LogP contribution in [0.3, 0.4) is 0 Å². The topological polar surface area (TPSA) is 42.0 Å². The predicted octanol–water partition coefficient (Wildman–Crippen LogP) is 4.09. The third-order valence-electron chi connectivity index (χ3n) is 2.67. The molecular weight excluding hydrogens is 324 g/mol. The summed E-state index contributed by atoms with van der Waals surface area (Å²) >= 11 is 5.06. The molecule has 1 aromatic carbocycles. The minimum atomic E-state index is 0.00945. The van der Waals surface area contributed by atoms with Crippen molar-refractivity contribution < 1.29 is 4.79 Å². The van der Waals surface area contributed by atoms with Crippen molar-refractivity contribution in [3.8, 4) is 0 Å². The molecule has 1 aromatic heterocycles. The van der Waals surface area contributed by atoms with Crippen LogP contribution in [0.15, 0.2) is 28.1 Å². The van der Waals surface area contributed by atoms with Crippen molar-refractivity contribution in [2.45, 2.75) is 26.7 Å². The van der Waals surface area contributed by atoms with Crippen LogP contribution >= 0.6 is 27.3 Å². The van der Waals surface area contributed by atoms with Crippen LogP contribution in [-0.4, -0.2) is 10.9 Å². The molecule has 0 aliphatic rings. The number of halogens is 1. The normalized spacial score (nSPS) is 10.5. The lowest BCUT2D eigenvalue weighted by Crippen LogP contribution is -2.12.